The summed E-state index contributed by atoms with van der Waals surface area (Å²) >= 11 is 0. The Morgan fingerprint density at radius 1 is 0.926 bits per heavy atom. The van der Waals surface area contributed by atoms with Crippen LogP contribution in [0.2, 0.25) is 0 Å². The number of nitrogens with zero attached hydrogens (tertiary/aromatic N) is 2. The van der Waals surface area contributed by atoms with E-state index in [1.807, 2.05) is 24.3 Å². The summed E-state index contributed by atoms with van der Waals surface area (Å²) in [4.78, 5) is 2.80. The molecule has 138 valence electrons. The zero-order valence-electron chi connectivity index (χ0n) is 13.6. The molecule has 3 aromatic carbocycles. The highest BCUT2D eigenvalue weighted by Crippen LogP contribution is 2.31. The van der Waals surface area contributed by atoms with Crippen LogP contribution in [-0.4, -0.2) is 18.3 Å². The third-order valence-electron chi connectivity index (χ3n) is 4.13. The Morgan fingerprint density at radius 2 is 1.67 bits per heavy atom. The Bertz CT molecular complexity index is 1260. The molecule has 0 aliphatic heterocycles. The van der Waals surface area contributed by atoms with Crippen molar-refractivity contribution >= 4 is 31.7 Å². The van der Waals surface area contributed by atoms with Gasteiger partial charge in [-0.3, -0.25) is 0 Å². The number of nitrogens with one attached hydrogen (secondary N) is 1. The quantitative estimate of drug-likeness (QED) is 0.571. The first-order valence-electron chi connectivity index (χ1n) is 7.81. The second kappa shape index (κ2) is 5.98. The van der Waals surface area contributed by atoms with Gasteiger partial charge in [0.05, 0.1) is 16.7 Å². The van der Waals surface area contributed by atoms with Crippen LogP contribution < -0.4 is 4.83 Å². The fourth-order valence-corrected chi connectivity index (χ4v) is 3.88. The van der Waals surface area contributed by atoms with Gasteiger partial charge in [-0.25, -0.2) is 0 Å². The molecule has 5 nitrogen and oxygen atoms in total. The van der Waals surface area contributed by atoms with E-state index in [1.54, 1.807) is 12.1 Å². The lowest BCUT2D eigenvalue weighted by Gasteiger charge is -2.12. The number of hydrogen-bond acceptors (Lipinski definition) is 3. The summed E-state index contributed by atoms with van der Waals surface area (Å²) in [6, 6.07) is 14.6. The van der Waals surface area contributed by atoms with Crippen LogP contribution in [0.1, 0.15) is 5.56 Å². The van der Waals surface area contributed by atoms with Crippen LogP contribution in [0.25, 0.3) is 21.7 Å². The van der Waals surface area contributed by atoms with Crippen LogP contribution in [0.3, 0.4) is 0 Å². The number of alkyl halides is 3. The SMILES string of the molecule is O=S(=O)(Nn1ncc2ccc3ccccc3c21)c1cccc(C(F)(F)F)c1. The fraction of sp³-hybridized carbons (Fsp3) is 0.0556. The molecule has 0 fully saturated rings. The average molecular weight is 391 g/mol. The second-order valence-electron chi connectivity index (χ2n) is 5.90. The molecule has 0 radical (unpaired) electrons. The summed E-state index contributed by atoms with van der Waals surface area (Å²) in [5.74, 6) is 0. The van der Waals surface area contributed by atoms with Gasteiger partial charge in [0, 0.05) is 10.8 Å². The third kappa shape index (κ3) is 3.10. The van der Waals surface area contributed by atoms with Crippen molar-refractivity contribution in [2.45, 2.75) is 11.1 Å². The summed E-state index contributed by atoms with van der Waals surface area (Å²) < 4.78 is 63.9. The van der Waals surface area contributed by atoms with Crippen LogP contribution in [0.5, 0.6) is 0 Å². The molecule has 0 aliphatic rings. The zero-order chi connectivity index (χ0) is 19.2. The molecule has 1 N–H and O–H groups in total. The minimum absolute atomic E-state index is 0.499. The summed E-state index contributed by atoms with van der Waals surface area (Å²) in [6.07, 6.45) is -3.16. The highest BCUT2D eigenvalue weighted by molar-refractivity contribution is 7.92. The lowest BCUT2D eigenvalue weighted by Crippen LogP contribution is -2.24. The van der Waals surface area contributed by atoms with Gasteiger partial charge in [0.25, 0.3) is 10.0 Å². The maximum atomic E-state index is 12.9. The number of hydrogen-bond donors (Lipinski definition) is 1. The van der Waals surface area contributed by atoms with Crippen LogP contribution in [0.15, 0.2) is 71.8 Å². The first-order valence-corrected chi connectivity index (χ1v) is 9.30. The predicted octanol–water partition coefficient (Wildman–Crippen LogP) is 4.14. The van der Waals surface area contributed by atoms with Gasteiger partial charge in [-0.2, -0.15) is 36.3 Å². The van der Waals surface area contributed by atoms with Gasteiger partial charge in [-0.05, 0) is 23.6 Å². The molecule has 0 atom stereocenters. The maximum Gasteiger partial charge on any atom is 0.416 e. The van der Waals surface area contributed by atoms with E-state index in [9.17, 15) is 21.6 Å². The summed E-state index contributed by atoms with van der Waals surface area (Å²) in [5.41, 5.74) is -0.523. The lowest BCUT2D eigenvalue weighted by molar-refractivity contribution is -0.137. The van der Waals surface area contributed by atoms with Crippen LogP contribution >= 0.6 is 0 Å². The van der Waals surface area contributed by atoms with E-state index in [2.05, 4.69) is 9.93 Å². The molecule has 0 saturated carbocycles. The van der Waals surface area contributed by atoms with Gasteiger partial charge in [0.2, 0.25) is 0 Å². The number of aromatic nitrogens is 2. The molecule has 1 heterocycles. The van der Waals surface area contributed by atoms with Gasteiger partial charge < -0.3 is 0 Å². The maximum absolute atomic E-state index is 12.9. The summed E-state index contributed by atoms with van der Waals surface area (Å²) in [5, 5.41) is 6.37. The van der Waals surface area contributed by atoms with Crippen molar-refractivity contribution in [1.82, 2.24) is 9.89 Å². The molecule has 1 aromatic heterocycles. The van der Waals surface area contributed by atoms with Crippen molar-refractivity contribution in [3.63, 3.8) is 0 Å². The molecule has 9 heteroatoms. The molecular formula is C18H12F3N3O2S. The van der Waals surface area contributed by atoms with E-state index in [4.69, 9.17) is 0 Å². The molecule has 0 aliphatic carbocycles. The van der Waals surface area contributed by atoms with Gasteiger partial charge in [-0.1, -0.05) is 42.5 Å². The van der Waals surface area contributed by atoms with Crippen molar-refractivity contribution < 1.29 is 21.6 Å². The van der Waals surface area contributed by atoms with Crippen molar-refractivity contribution in [2.75, 3.05) is 4.83 Å². The Labute approximate surface area is 152 Å². The van der Waals surface area contributed by atoms with Crippen molar-refractivity contribution in [3.8, 4) is 0 Å². The first-order chi connectivity index (χ1) is 12.8. The average Bonchev–Trinajstić information content (AvgIpc) is 3.04. The number of sulfonamides is 1. The number of fused-ring (bicyclic) bond motifs is 3. The summed E-state index contributed by atoms with van der Waals surface area (Å²) in [6.45, 7) is 0. The molecule has 0 spiro atoms. The van der Waals surface area contributed by atoms with Crippen molar-refractivity contribution in [3.05, 3.63) is 72.4 Å². The van der Waals surface area contributed by atoms with Crippen molar-refractivity contribution in [1.29, 1.82) is 0 Å². The molecule has 27 heavy (non-hydrogen) atoms. The molecule has 0 amide bonds. The van der Waals surface area contributed by atoms with Gasteiger partial charge >= 0.3 is 6.18 Å². The van der Waals surface area contributed by atoms with Crippen LogP contribution in [0, 0.1) is 0 Å². The van der Waals surface area contributed by atoms with Gasteiger partial charge in [-0.15, -0.1) is 0 Å². The zero-order valence-corrected chi connectivity index (χ0v) is 14.4. The molecule has 0 saturated heterocycles. The number of benzene rings is 3. The third-order valence-corrected chi connectivity index (χ3v) is 5.42. The monoisotopic (exact) mass is 391 g/mol. The van der Waals surface area contributed by atoms with E-state index in [0.29, 0.717) is 17.0 Å². The van der Waals surface area contributed by atoms with Crippen LogP contribution in [-0.2, 0) is 16.2 Å². The molecular weight excluding hydrogens is 379 g/mol. The minimum Gasteiger partial charge on any atom is -0.200 e. The second-order valence-corrected chi connectivity index (χ2v) is 7.56. The van der Waals surface area contributed by atoms with Crippen LogP contribution in [0.4, 0.5) is 13.2 Å². The van der Waals surface area contributed by atoms with Crippen molar-refractivity contribution in [2.24, 2.45) is 0 Å². The Morgan fingerprint density at radius 3 is 2.44 bits per heavy atom. The number of halogens is 3. The Balaban J connectivity index is 1.81. The summed E-state index contributed by atoms with van der Waals surface area (Å²) in [7, 11) is -4.28. The smallest absolute Gasteiger partial charge is 0.200 e. The van der Waals surface area contributed by atoms with E-state index >= 15 is 0 Å². The van der Waals surface area contributed by atoms with Gasteiger partial charge in [0.1, 0.15) is 5.52 Å². The number of rotatable bonds is 3. The first kappa shape index (κ1) is 17.3. The molecule has 0 bridgehead atoms. The van der Waals surface area contributed by atoms with Gasteiger partial charge in [0.15, 0.2) is 0 Å². The van der Waals surface area contributed by atoms with E-state index in [0.717, 1.165) is 33.8 Å². The molecule has 4 aromatic rings. The predicted molar refractivity (Wildman–Crippen MR) is 95.2 cm³/mol. The Kier molecular flexibility index (Phi) is 3.84. The minimum atomic E-state index is -4.64. The molecule has 0 unspecified atom stereocenters. The highest BCUT2D eigenvalue weighted by Gasteiger charge is 2.31. The van der Waals surface area contributed by atoms with E-state index in [-0.39, 0.29) is 0 Å². The Hall–Kier alpha value is -3.07. The highest BCUT2D eigenvalue weighted by atomic mass is 32.2. The largest absolute Gasteiger partial charge is 0.416 e. The normalized spacial score (nSPS) is 12.6. The van der Waals surface area contributed by atoms with E-state index < -0.39 is 26.7 Å². The topological polar surface area (TPSA) is 64.0 Å². The molecule has 4 rings (SSSR count). The lowest BCUT2D eigenvalue weighted by atomic mass is 10.1. The fourth-order valence-electron chi connectivity index (χ4n) is 2.87. The standard InChI is InChI=1S/C18H12F3N3O2S/c19-18(20,21)14-5-3-6-15(10-14)27(25,26)23-24-17-13(11-22-24)9-8-12-4-1-2-7-16(12)17/h1-11,23H. The van der Waals surface area contributed by atoms with E-state index in [1.165, 1.54) is 6.20 Å².